The number of unbranched alkanes of at least 4 members (excludes halogenated alkanes) is 2. The van der Waals surface area contributed by atoms with Gasteiger partial charge in [0.25, 0.3) is 5.22 Å². The van der Waals surface area contributed by atoms with Gasteiger partial charge in [0.1, 0.15) is 11.5 Å². The molecule has 0 saturated carbocycles. The fourth-order valence-corrected chi connectivity index (χ4v) is 3.22. The Hall–Kier alpha value is -2.48. The Bertz CT molecular complexity index is 782. The molecule has 0 fully saturated rings. The van der Waals surface area contributed by atoms with Gasteiger partial charge in [-0.05, 0) is 31.0 Å². The average molecular weight is 374 g/mol. The van der Waals surface area contributed by atoms with Crippen molar-refractivity contribution in [1.82, 2.24) is 20.0 Å². The van der Waals surface area contributed by atoms with Crippen molar-refractivity contribution in [3.63, 3.8) is 0 Å². The molecular weight excluding hydrogens is 352 g/mol. The standard InChI is InChI=1S/C18H22N4O3S/c1-23-15-11-14(12-16(13-15)24-2)17-20-21-18(25-17)26-10-5-3-4-8-22-9-6-7-19-22/h6-7,9,11-13H,3-5,8,10H2,1-2H3. The van der Waals surface area contributed by atoms with Crippen molar-refractivity contribution in [1.29, 1.82) is 0 Å². The van der Waals surface area contributed by atoms with E-state index in [4.69, 9.17) is 13.9 Å². The smallest absolute Gasteiger partial charge is 0.276 e. The van der Waals surface area contributed by atoms with Crippen LogP contribution in [0.3, 0.4) is 0 Å². The van der Waals surface area contributed by atoms with Gasteiger partial charge in [0.15, 0.2) is 0 Å². The fraction of sp³-hybridized carbons (Fsp3) is 0.389. The SMILES string of the molecule is COc1cc(OC)cc(-c2nnc(SCCCCCn3cccn3)o2)c1. The molecule has 8 heteroatoms. The molecule has 0 unspecified atom stereocenters. The summed E-state index contributed by atoms with van der Waals surface area (Å²) >= 11 is 1.58. The molecule has 0 saturated heterocycles. The van der Waals surface area contributed by atoms with Gasteiger partial charge in [0.2, 0.25) is 5.89 Å². The summed E-state index contributed by atoms with van der Waals surface area (Å²) in [7, 11) is 3.22. The summed E-state index contributed by atoms with van der Waals surface area (Å²) in [5.41, 5.74) is 0.778. The maximum atomic E-state index is 5.75. The van der Waals surface area contributed by atoms with Gasteiger partial charge in [-0.1, -0.05) is 18.2 Å². The van der Waals surface area contributed by atoms with Crippen LogP contribution in [0.2, 0.25) is 0 Å². The highest BCUT2D eigenvalue weighted by molar-refractivity contribution is 7.99. The van der Waals surface area contributed by atoms with Crippen LogP contribution in [0, 0.1) is 0 Å². The van der Waals surface area contributed by atoms with Crippen LogP contribution in [0.4, 0.5) is 0 Å². The number of ether oxygens (including phenoxy) is 2. The predicted octanol–water partition coefficient (Wildman–Crippen LogP) is 3.91. The summed E-state index contributed by atoms with van der Waals surface area (Å²) in [6.07, 6.45) is 7.14. The largest absolute Gasteiger partial charge is 0.497 e. The molecule has 3 rings (SSSR count). The van der Waals surface area contributed by atoms with E-state index in [-0.39, 0.29) is 0 Å². The number of hydrogen-bond donors (Lipinski definition) is 0. The van der Waals surface area contributed by atoms with Gasteiger partial charge < -0.3 is 13.9 Å². The number of aryl methyl sites for hydroxylation is 1. The number of aromatic nitrogens is 4. The van der Waals surface area contributed by atoms with Crippen molar-refractivity contribution < 1.29 is 13.9 Å². The van der Waals surface area contributed by atoms with Crippen molar-refractivity contribution in [3.8, 4) is 23.0 Å². The molecule has 0 spiro atoms. The zero-order valence-corrected chi connectivity index (χ0v) is 15.7. The third-order valence-electron chi connectivity index (χ3n) is 3.82. The van der Waals surface area contributed by atoms with E-state index in [1.807, 2.05) is 29.1 Å². The number of thioether (sulfide) groups is 1. The zero-order valence-electron chi connectivity index (χ0n) is 14.9. The highest BCUT2D eigenvalue weighted by Gasteiger charge is 2.12. The lowest BCUT2D eigenvalue weighted by Crippen LogP contribution is -1.98. The maximum Gasteiger partial charge on any atom is 0.276 e. The molecule has 0 aliphatic carbocycles. The second kappa shape index (κ2) is 9.28. The topological polar surface area (TPSA) is 75.2 Å². The normalized spacial score (nSPS) is 10.8. The van der Waals surface area contributed by atoms with Crippen molar-refractivity contribution >= 4 is 11.8 Å². The first-order chi connectivity index (χ1) is 12.8. The maximum absolute atomic E-state index is 5.75. The van der Waals surface area contributed by atoms with Crippen molar-refractivity contribution in [2.45, 2.75) is 31.0 Å². The van der Waals surface area contributed by atoms with Crippen LogP contribution < -0.4 is 9.47 Å². The molecule has 26 heavy (non-hydrogen) atoms. The van der Waals surface area contributed by atoms with Gasteiger partial charge in [-0.15, -0.1) is 10.2 Å². The first-order valence-corrected chi connectivity index (χ1v) is 9.44. The molecule has 3 aromatic rings. The van der Waals surface area contributed by atoms with E-state index in [0.29, 0.717) is 22.6 Å². The molecular formula is C18H22N4O3S. The minimum atomic E-state index is 0.461. The van der Waals surface area contributed by atoms with E-state index < -0.39 is 0 Å². The lowest BCUT2D eigenvalue weighted by Gasteiger charge is -2.05. The Morgan fingerprint density at radius 3 is 2.54 bits per heavy atom. The van der Waals surface area contributed by atoms with Crippen LogP contribution in [-0.4, -0.2) is 40.0 Å². The molecule has 0 N–H and O–H groups in total. The lowest BCUT2D eigenvalue weighted by atomic mass is 10.2. The number of methoxy groups -OCH3 is 2. The number of hydrogen-bond acceptors (Lipinski definition) is 7. The Morgan fingerprint density at radius 2 is 1.85 bits per heavy atom. The third-order valence-corrected chi connectivity index (χ3v) is 4.73. The fourth-order valence-electron chi connectivity index (χ4n) is 2.46. The van der Waals surface area contributed by atoms with Gasteiger partial charge >= 0.3 is 0 Å². The highest BCUT2D eigenvalue weighted by atomic mass is 32.2. The van der Waals surface area contributed by atoms with Crippen LogP contribution >= 0.6 is 11.8 Å². The Morgan fingerprint density at radius 1 is 1.04 bits per heavy atom. The van der Waals surface area contributed by atoms with E-state index in [1.165, 1.54) is 0 Å². The van der Waals surface area contributed by atoms with E-state index in [0.717, 1.165) is 37.1 Å². The number of benzene rings is 1. The van der Waals surface area contributed by atoms with Crippen molar-refractivity contribution in [3.05, 3.63) is 36.7 Å². The van der Waals surface area contributed by atoms with Gasteiger partial charge in [-0.2, -0.15) is 5.10 Å². The molecule has 2 aromatic heterocycles. The molecule has 1 aromatic carbocycles. The lowest BCUT2D eigenvalue weighted by molar-refractivity contribution is 0.394. The molecule has 0 aliphatic heterocycles. The summed E-state index contributed by atoms with van der Waals surface area (Å²) in [6.45, 7) is 0.958. The van der Waals surface area contributed by atoms with E-state index >= 15 is 0 Å². The molecule has 0 atom stereocenters. The van der Waals surface area contributed by atoms with E-state index in [1.54, 1.807) is 38.2 Å². The number of rotatable bonds is 10. The van der Waals surface area contributed by atoms with Gasteiger partial charge in [0, 0.05) is 36.3 Å². The average Bonchev–Trinajstić information content (AvgIpc) is 3.36. The summed E-state index contributed by atoms with van der Waals surface area (Å²) in [4.78, 5) is 0. The van der Waals surface area contributed by atoms with Crippen LogP contribution in [0.1, 0.15) is 19.3 Å². The Balaban J connectivity index is 1.47. The van der Waals surface area contributed by atoms with Crippen LogP contribution in [0.15, 0.2) is 46.3 Å². The van der Waals surface area contributed by atoms with Gasteiger partial charge in [-0.3, -0.25) is 4.68 Å². The monoisotopic (exact) mass is 374 g/mol. The molecule has 138 valence electrons. The van der Waals surface area contributed by atoms with Crippen molar-refractivity contribution in [2.24, 2.45) is 0 Å². The molecule has 2 heterocycles. The van der Waals surface area contributed by atoms with Gasteiger partial charge in [0.05, 0.1) is 14.2 Å². The molecule has 0 amide bonds. The minimum absolute atomic E-state index is 0.461. The molecule has 7 nitrogen and oxygen atoms in total. The molecule has 0 aliphatic rings. The summed E-state index contributed by atoms with van der Waals surface area (Å²) in [5.74, 6) is 2.78. The van der Waals surface area contributed by atoms with Gasteiger partial charge in [-0.25, -0.2) is 0 Å². The molecule has 0 bridgehead atoms. The van der Waals surface area contributed by atoms with Crippen LogP contribution in [0.25, 0.3) is 11.5 Å². The first-order valence-electron chi connectivity index (χ1n) is 8.45. The van der Waals surface area contributed by atoms with Crippen LogP contribution in [0.5, 0.6) is 11.5 Å². The molecule has 0 radical (unpaired) electrons. The van der Waals surface area contributed by atoms with Crippen LogP contribution in [-0.2, 0) is 6.54 Å². The summed E-state index contributed by atoms with van der Waals surface area (Å²) < 4.78 is 18.3. The first kappa shape index (κ1) is 18.3. The van der Waals surface area contributed by atoms with E-state index in [2.05, 4.69) is 15.3 Å². The third kappa shape index (κ3) is 5.01. The second-order valence-corrected chi connectivity index (χ2v) is 6.70. The quantitative estimate of drug-likeness (QED) is 0.393. The van der Waals surface area contributed by atoms with Crippen molar-refractivity contribution in [2.75, 3.05) is 20.0 Å². The summed E-state index contributed by atoms with van der Waals surface area (Å²) in [5, 5.41) is 13.0. The Kier molecular flexibility index (Phi) is 6.54. The minimum Gasteiger partial charge on any atom is -0.497 e. The Labute approximate surface area is 156 Å². The second-order valence-electron chi connectivity index (χ2n) is 5.65. The zero-order chi connectivity index (χ0) is 18.2. The number of nitrogens with zero attached hydrogens (tertiary/aromatic N) is 4. The highest BCUT2D eigenvalue weighted by Crippen LogP contribution is 2.30. The predicted molar refractivity (Wildman–Crippen MR) is 99.6 cm³/mol. The van der Waals surface area contributed by atoms with E-state index in [9.17, 15) is 0 Å². The summed E-state index contributed by atoms with van der Waals surface area (Å²) in [6, 6.07) is 7.44.